The van der Waals surface area contributed by atoms with Crippen LogP contribution in [0.1, 0.15) is 43.6 Å². The van der Waals surface area contributed by atoms with Gasteiger partial charge in [0, 0.05) is 11.6 Å². The molecule has 0 atom stereocenters. The van der Waals surface area contributed by atoms with Gasteiger partial charge in [-0.2, -0.15) is 8.42 Å². The topological polar surface area (TPSA) is 83.5 Å². The number of rotatable bonds is 5. The van der Waals surface area contributed by atoms with E-state index in [4.69, 9.17) is 0 Å². The van der Waals surface area contributed by atoms with Crippen molar-refractivity contribution in [3.05, 3.63) is 29.3 Å². The summed E-state index contributed by atoms with van der Waals surface area (Å²) in [5, 5.41) is 2.68. The molecular weight excluding hydrogens is 278 g/mol. The number of nitrogens with one attached hydrogen (secondary N) is 1. The first-order chi connectivity index (χ1) is 9.11. The molecule has 0 aromatic heterocycles. The molecule has 112 valence electrons. The van der Waals surface area contributed by atoms with E-state index in [0.29, 0.717) is 12.0 Å². The highest BCUT2D eigenvalue weighted by molar-refractivity contribution is 7.85. The lowest BCUT2D eigenvalue weighted by Crippen LogP contribution is -2.30. The Hall–Kier alpha value is -1.40. The van der Waals surface area contributed by atoms with Crippen LogP contribution in [0, 0.1) is 5.92 Å². The van der Waals surface area contributed by atoms with Crippen molar-refractivity contribution in [2.24, 2.45) is 5.92 Å². The first kappa shape index (κ1) is 16.7. The van der Waals surface area contributed by atoms with Gasteiger partial charge in [-0.25, -0.2) is 0 Å². The molecule has 20 heavy (non-hydrogen) atoms. The molecule has 0 saturated carbocycles. The van der Waals surface area contributed by atoms with Gasteiger partial charge in [0.2, 0.25) is 0 Å². The van der Waals surface area contributed by atoms with Crippen LogP contribution in [0.3, 0.4) is 0 Å². The van der Waals surface area contributed by atoms with Gasteiger partial charge in [-0.15, -0.1) is 0 Å². The minimum absolute atomic E-state index is 0.0491. The maximum absolute atomic E-state index is 11.9. The Bertz CT molecular complexity index is 591. The Labute approximate surface area is 120 Å². The predicted molar refractivity (Wildman–Crippen MR) is 77.4 cm³/mol. The van der Waals surface area contributed by atoms with Crippen LogP contribution in [0.25, 0.3) is 0 Å². The zero-order valence-corrected chi connectivity index (χ0v) is 13.0. The third-order valence-electron chi connectivity index (χ3n) is 2.66. The van der Waals surface area contributed by atoms with Gasteiger partial charge in [0.05, 0.1) is 4.90 Å². The summed E-state index contributed by atoms with van der Waals surface area (Å²) in [5.41, 5.74) is 0.738. The van der Waals surface area contributed by atoms with Gasteiger partial charge in [0.25, 0.3) is 16.0 Å². The van der Waals surface area contributed by atoms with Gasteiger partial charge in [-0.3, -0.25) is 9.35 Å². The summed E-state index contributed by atoms with van der Waals surface area (Å²) in [5.74, 6) is -0.119. The van der Waals surface area contributed by atoms with Gasteiger partial charge < -0.3 is 5.32 Å². The Morgan fingerprint density at radius 2 is 1.85 bits per heavy atom. The molecule has 1 aromatic rings. The Morgan fingerprint density at radius 1 is 1.25 bits per heavy atom. The molecule has 0 aliphatic heterocycles. The Morgan fingerprint density at radius 3 is 2.30 bits per heavy atom. The van der Waals surface area contributed by atoms with Gasteiger partial charge in [0.15, 0.2) is 0 Å². The third kappa shape index (κ3) is 4.61. The second kappa shape index (κ2) is 6.37. The van der Waals surface area contributed by atoms with E-state index in [1.54, 1.807) is 12.1 Å². The van der Waals surface area contributed by atoms with Crippen molar-refractivity contribution in [2.75, 3.05) is 0 Å². The molecule has 0 spiro atoms. The fourth-order valence-electron chi connectivity index (χ4n) is 1.89. The molecule has 0 heterocycles. The number of hydrogen-bond donors (Lipinski definition) is 2. The summed E-state index contributed by atoms with van der Waals surface area (Å²) in [7, 11) is -4.34. The maximum atomic E-state index is 11.9. The van der Waals surface area contributed by atoms with E-state index >= 15 is 0 Å². The van der Waals surface area contributed by atoms with Gasteiger partial charge in [-0.05, 0) is 43.9 Å². The summed E-state index contributed by atoms with van der Waals surface area (Å²) in [4.78, 5) is 11.7. The SMILES string of the molecule is CC(C)Cc1ccc(C(=O)NC(C)C)cc1S(=O)(=O)O. The van der Waals surface area contributed by atoms with Crippen molar-refractivity contribution in [3.63, 3.8) is 0 Å². The fourth-order valence-corrected chi connectivity index (χ4v) is 2.65. The van der Waals surface area contributed by atoms with Gasteiger partial charge in [-0.1, -0.05) is 19.9 Å². The second-order valence-corrected chi connectivity index (χ2v) is 6.91. The number of hydrogen-bond acceptors (Lipinski definition) is 3. The molecule has 0 aliphatic rings. The van der Waals surface area contributed by atoms with E-state index in [-0.39, 0.29) is 28.3 Å². The average molecular weight is 299 g/mol. The lowest BCUT2D eigenvalue weighted by atomic mass is 10.0. The fraction of sp³-hybridized carbons (Fsp3) is 0.500. The van der Waals surface area contributed by atoms with E-state index in [1.807, 2.05) is 27.7 Å². The van der Waals surface area contributed by atoms with Crippen LogP contribution < -0.4 is 5.32 Å². The zero-order chi connectivity index (χ0) is 15.5. The molecule has 0 aliphatic carbocycles. The zero-order valence-electron chi connectivity index (χ0n) is 12.2. The number of amides is 1. The second-order valence-electron chi connectivity index (χ2n) is 5.52. The van der Waals surface area contributed by atoms with Gasteiger partial charge in [0.1, 0.15) is 0 Å². The van der Waals surface area contributed by atoms with Crippen LogP contribution in [0.5, 0.6) is 0 Å². The molecule has 0 unspecified atom stereocenters. The lowest BCUT2D eigenvalue weighted by Gasteiger charge is -2.13. The highest BCUT2D eigenvalue weighted by Gasteiger charge is 2.19. The van der Waals surface area contributed by atoms with Crippen molar-refractivity contribution in [2.45, 2.75) is 45.1 Å². The quantitative estimate of drug-likeness (QED) is 0.817. The summed E-state index contributed by atoms with van der Waals surface area (Å²) in [6.07, 6.45) is 0.515. The molecule has 0 bridgehead atoms. The average Bonchev–Trinajstić information content (AvgIpc) is 2.26. The van der Waals surface area contributed by atoms with Crippen LogP contribution in [0.15, 0.2) is 23.1 Å². The Kier molecular flexibility index (Phi) is 5.30. The van der Waals surface area contributed by atoms with Crippen molar-refractivity contribution in [1.29, 1.82) is 0 Å². The molecular formula is C14H21NO4S. The molecule has 0 saturated heterocycles. The van der Waals surface area contributed by atoms with Crippen molar-refractivity contribution in [1.82, 2.24) is 5.32 Å². The van der Waals surface area contributed by atoms with Crippen molar-refractivity contribution < 1.29 is 17.8 Å². The molecule has 6 heteroatoms. The van der Waals surface area contributed by atoms with E-state index in [9.17, 15) is 17.8 Å². The maximum Gasteiger partial charge on any atom is 0.294 e. The van der Waals surface area contributed by atoms with E-state index < -0.39 is 10.1 Å². The number of carbonyl (C=O) groups excluding carboxylic acids is 1. The standard InChI is InChI=1S/C14H21NO4S/c1-9(2)7-11-5-6-12(14(16)15-10(3)4)8-13(11)20(17,18)19/h5-6,8-10H,7H2,1-4H3,(H,15,16)(H,17,18,19). The molecule has 5 nitrogen and oxygen atoms in total. The van der Waals surface area contributed by atoms with Crippen LogP contribution in [-0.4, -0.2) is 24.9 Å². The minimum atomic E-state index is -4.34. The monoisotopic (exact) mass is 299 g/mol. The van der Waals surface area contributed by atoms with E-state index in [1.165, 1.54) is 6.07 Å². The first-order valence-corrected chi connectivity index (χ1v) is 7.96. The third-order valence-corrected chi connectivity index (χ3v) is 3.59. The smallest absolute Gasteiger partial charge is 0.294 e. The van der Waals surface area contributed by atoms with Crippen LogP contribution in [-0.2, 0) is 16.5 Å². The number of carbonyl (C=O) groups is 1. The van der Waals surface area contributed by atoms with Crippen molar-refractivity contribution in [3.8, 4) is 0 Å². The highest BCUT2D eigenvalue weighted by Crippen LogP contribution is 2.21. The molecule has 1 aromatic carbocycles. The van der Waals surface area contributed by atoms with Crippen molar-refractivity contribution >= 4 is 16.0 Å². The largest absolute Gasteiger partial charge is 0.350 e. The Balaban J connectivity index is 3.25. The summed E-state index contributed by atoms with van der Waals surface area (Å²) in [6, 6.07) is 4.33. The first-order valence-electron chi connectivity index (χ1n) is 6.52. The summed E-state index contributed by atoms with van der Waals surface area (Å²) in [6.45, 7) is 7.53. The molecule has 1 rings (SSSR count). The number of benzene rings is 1. The molecule has 0 radical (unpaired) electrons. The van der Waals surface area contributed by atoms with Gasteiger partial charge >= 0.3 is 0 Å². The minimum Gasteiger partial charge on any atom is -0.350 e. The van der Waals surface area contributed by atoms with Crippen LogP contribution in [0.4, 0.5) is 0 Å². The normalized spacial score (nSPS) is 11.9. The lowest BCUT2D eigenvalue weighted by molar-refractivity contribution is 0.0943. The molecule has 1 amide bonds. The van der Waals surface area contributed by atoms with Crippen LogP contribution in [0.2, 0.25) is 0 Å². The summed E-state index contributed by atoms with van der Waals surface area (Å²) < 4.78 is 32.2. The van der Waals surface area contributed by atoms with E-state index in [0.717, 1.165) is 0 Å². The highest BCUT2D eigenvalue weighted by atomic mass is 32.2. The van der Waals surface area contributed by atoms with E-state index in [2.05, 4.69) is 5.32 Å². The van der Waals surface area contributed by atoms with Crippen LogP contribution >= 0.6 is 0 Å². The summed E-state index contributed by atoms with van der Waals surface area (Å²) >= 11 is 0. The predicted octanol–water partition coefficient (Wildman–Crippen LogP) is 2.27. The molecule has 0 fully saturated rings. The molecule has 2 N–H and O–H groups in total.